The molecule has 2 amide bonds. The van der Waals surface area contributed by atoms with Crippen LogP contribution in [0.3, 0.4) is 0 Å². The van der Waals surface area contributed by atoms with Crippen molar-refractivity contribution in [3.05, 3.63) is 83.1 Å². The molecule has 4 heterocycles. The minimum atomic E-state index is -0.535. The third kappa shape index (κ3) is 10.5. The van der Waals surface area contributed by atoms with Crippen LogP contribution in [0.2, 0.25) is 5.15 Å². The summed E-state index contributed by atoms with van der Waals surface area (Å²) >= 11 is 7.61. The van der Waals surface area contributed by atoms with Gasteiger partial charge in [0.05, 0.1) is 12.2 Å². The van der Waals surface area contributed by atoms with Crippen LogP contribution in [0.25, 0.3) is 5.82 Å². The van der Waals surface area contributed by atoms with E-state index in [1.807, 2.05) is 68.1 Å². The van der Waals surface area contributed by atoms with Crippen LogP contribution in [0, 0.1) is 17.3 Å². The lowest BCUT2D eigenvalue weighted by Crippen LogP contribution is -2.45. The first-order valence-corrected chi connectivity index (χ1v) is 21.2. The molecule has 0 radical (unpaired) electrons. The summed E-state index contributed by atoms with van der Waals surface area (Å²) in [5.41, 5.74) is 1.09. The van der Waals surface area contributed by atoms with Gasteiger partial charge in [-0.1, -0.05) is 41.9 Å². The molecule has 304 valence electrons. The number of amides is 2. The summed E-state index contributed by atoms with van der Waals surface area (Å²) in [7, 11) is 0. The Morgan fingerprint density at radius 3 is 2.53 bits per heavy atom. The number of benzene rings is 1. The fourth-order valence-electron chi connectivity index (χ4n) is 7.99. The highest BCUT2D eigenvalue weighted by molar-refractivity contribution is 7.97. The van der Waals surface area contributed by atoms with Gasteiger partial charge >= 0.3 is 6.09 Å². The van der Waals surface area contributed by atoms with Crippen molar-refractivity contribution in [1.82, 2.24) is 29.4 Å². The molecule has 1 aromatic carbocycles. The number of ether oxygens (including phenoxy) is 3. The van der Waals surface area contributed by atoms with Crippen LogP contribution in [-0.4, -0.2) is 67.5 Å². The maximum atomic E-state index is 13.3. The van der Waals surface area contributed by atoms with Gasteiger partial charge in [0.15, 0.2) is 5.82 Å². The molecule has 2 N–H and O–H groups in total. The van der Waals surface area contributed by atoms with Crippen LogP contribution in [-0.2, 0) is 11.3 Å². The highest BCUT2D eigenvalue weighted by Crippen LogP contribution is 2.65. The zero-order valence-electron chi connectivity index (χ0n) is 33.6. The Hall–Kier alpha value is -4.49. The molecular formula is C43H54ClN7O5S. The molecule has 7 rings (SSSR count). The van der Waals surface area contributed by atoms with E-state index in [4.69, 9.17) is 30.8 Å². The summed E-state index contributed by atoms with van der Waals surface area (Å²) in [5.74, 6) is 3.00. The summed E-state index contributed by atoms with van der Waals surface area (Å²) in [6, 6.07) is 18.7. The molecule has 3 aromatic heterocycles. The van der Waals surface area contributed by atoms with Gasteiger partial charge in [-0.2, -0.15) is 0 Å². The molecule has 4 aromatic rings. The summed E-state index contributed by atoms with van der Waals surface area (Å²) in [6.07, 6.45) is 10.8. The molecule has 3 fully saturated rings. The largest absolute Gasteiger partial charge is 0.489 e. The molecule has 1 unspecified atom stereocenters. The van der Waals surface area contributed by atoms with Crippen LogP contribution >= 0.6 is 23.5 Å². The van der Waals surface area contributed by atoms with E-state index in [0.717, 1.165) is 49.1 Å². The van der Waals surface area contributed by atoms with Crippen LogP contribution in [0.1, 0.15) is 102 Å². The van der Waals surface area contributed by atoms with E-state index in [9.17, 15) is 9.59 Å². The molecule has 12 nitrogen and oxygen atoms in total. The second kappa shape index (κ2) is 17.2. The predicted octanol–water partition coefficient (Wildman–Crippen LogP) is 9.52. The number of hydrogen-bond donors (Lipinski definition) is 2. The number of aromatic nitrogens is 4. The topological polar surface area (TPSA) is 133 Å². The Labute approximate surface area is 344 Å². The number of nitrogens with zero attached hydrogens (tertiary/aromatic N) is 5. The van der Waals surface area contributed by atoms with Gasteiger partial charge in [0, 0.05) is 55.0 Å². The van der Waals surface area contributed by atoms with E-state index in [1.54, 1.807) is 29.1 Å². The van der Waals surface area contributed by atoms with Gasteiger partial charge in [0.1, 0.15) is 34.0 Å². The van der Waals surface area contributed by atoms with Gasteiger partial charge in [-0.3, -0.25) is 9.52 Å². The molecule has 3 aliphatic rings. The lowest BCUT2D eigenvalue weighted by molar-refractivity contribution is 0.0130. The van der Waals surface area contributed by atoms with E-state index >= 15 is 0 Å². The number of carbonyl (C=O) groups excluding carboxylic acids is 2. The van der Waals surface area contributed by atoms with Gasteiger partial charge in [-0.15, -0.1) is 5.10 Å². The van der Waals surface area contributed by atoms with Crippen molar-refractivity contribution in [2.24, 2.45) is 17.3 Å². The molecule has 0 bridgehead atoms. The summed E-state index contributed by atoms with van der Waals surface area (Å²) < 4.78 is 22.2. The van der Waals surface area contributed by atoms with E-state index in [2.05, 4.69) is 34.0 Å². The third-order valence-corrected chi connectivity index (χ3v) is 12.3. The van der Waals surface area contributed by atoms with Crippen LogP contribution in [0.15, 0.2) is 71.9 Å². The Balaban J connectivity index is 0.932. The Kier molecular flexibility index (Phi) is 12.3. The summed E-state index contributed by atoms with van der Waals surface area (Å²) in [5, 5.41) is 8.55. The van der Waals surface area contributed by atoms with E-state index in [1.165, 1.54) is 25.7 Å². The number of carbonyl (C=O) groups is 2. The van der Waals surface area contributed by atoms with Crippen molar-refractivity contribution in [3.63, 3.8) is 0 Å². The standard InChI is InChI=1S/C43H54ClN7O5S/c1-41(2,3)56-40(53)50-27-30(26-42(50,4)5)12-9-21-45-34-24-32(55-28-29-10-7-6-8-11-29)25-37(46-34)57-49-39(52)33-13-14-35(47-38(33)44)51-22-16-36(48-51)54-23-17-31-15-18-43(31)19-20-43/h6-8,10-11,13-14,16,22,24-25,30-31H,9,12,15,17-21,23,26-28H2,1-5H3,(H,45,46)(H,49,52)/t30-,31?/m0/s1. The first-order chi connectivity index (χ1) is 27.2. The quantitative estimate of drug-likeness (QED) is 0.0640. The molecule has 14 heteroatoms. The van der Waals surface area contributed by atoms with E-state index in [-0.39, 0.29) is 22.3 Å². The molecular weight excluding hydrogens is 762 g/mol. The van der Waals surface area contributed by atoms with Crippen molar-refractivity contribution in [2.45, 2.75) is 109 Å². The summed E-state index contributed by atoms with van der Waals surface area (Å²) in [6.45, 7) is 12.3. The van der Waals surface area contributed by atoms with Crippen molar-refractivity contribution in [2.75, 3.05) is 25.0 Å². The SMILES string of the molecule is CC(C)(C)OC(=O)N1C[C@@H](CCCNc2cc(OCc3ccccc3)cc(SNC(=O)c3ccc(-n4ccc(OCCC5CCC56CC6)n4)nc3Cl)n2)CC1(C)C. The Bertz CT molecular complexity index is 2030. The predicted molar refractivity (Wildman–Crippen MR) is 222 cm³/mol. The molecule has 1 spiro atoms. The number of halogens is 1. The second-order valence-electron chi connectivity index (χ2n) is 17.2. The molecule has 1 aliphatic heterocycles. The van der Waals surface area contributed by atoms with Crippen molar-refractivity contribution < 1.29 is 23.8 Å². The van der Waals surface area contributed by atoms with Crippen molar-refractivity contribution in [1.29, 1.82) is 0 Å². The van der Waals surface area contributed by atoms with Crippen molar-refractivity contribution >= 4 is 41.4 Å². The number of nitrogens with one attached hydrogen (secondary N) is 2. The maximum absolute atomic E-state index is 13.3. The minimum Gasteiger partial charge on any atom is -0.489 e. The summed E-state index contributed by atoms with van der Waals surface area (Å²) in [4.78, 5) is 37.3. The molecule has 2 atom stereocenters. The monoisotopic (exact) mass is 815 g/mol. The van der Waals surface area contributed by atoms with Gasteiger partial charge in [0.25, 0.3) is 5.91 Å². The normalized spacial score (nSPS) is 19.2. The van der Waals surface area contributed by atoms with Gasteiger partial charge in [-0.25, -0.2) is 19.4 Å². The lowest BCUT2D eigenvalue weighted by atomic mass is 9.69. The first kappa shape index (κ1) is 40.7. The molecule has 2 aliphatic carbocycles. The fourth-order valence-corrected chi connectivity index (χ4v) is 8.85. The Morgan fingerprint density at radius 2 is 1.81 bits per heavy atom. The van der Waals surface area contributed by atoms with Gasteiger partial charge < -0.3 is 24.4 Å². The lowest BCUT2D eigenvalue weighted by Gasteiger charge is -2.37. The number of hydrogen-bond acceptors (Lipinski definition) is 10. The Morgan fingerprint density at radius 1 is 1.00 bits per heavy atom. The highest BCUT2D eigenvalue weighted by atomic mass is 35.5. The maximum Gasteiger partial charge on any atom is 0.410 e. The third-order valence-electron chi connectivity index (χ3n) is 11.3. The van der Waals surface area contributed by atoms with Gasteiger partial charge in [-0.05, 0) is 121 Å². The van der Waals surface area contributed by atoms with E-state index in [0.29, 0.717) is 65.9 Å². The molecule has 2 saturated carbocycles. The minimum absolute atomic E-state index is 0.0541. The van der Waals surface area contributed by atoms with E-state index < -0.39 is 11.5 Å². The van der Waals surface area contributed by atoms with Crippen LogP contribution in [0.4, 0.5) is 10.6 Å². The number of likely N-dealkylation sites (tertiary alicyclic amines) is 1. The smallest absolute Gasteiger partial charge is 0.410 e. The molecule has 1 saturated heterocycles. The average Bonchev–Trinajstić information content (AvgIpc) is 3.78. The molecule has 57 heavy (non-hydrogen) atoms. The average molecular weight is 816 g/mol. The van der Waals surface area contributed by atoms with Crippen LogP contribution in [0.5, 0.6) is 11.6 Å². The number of rotatable bonds is 16. The number of pyridine rings is 2. The second-order valence-corrected chi connectivity index (χ2v) is 18.4. The highest BCUT2D eigenvalue weighted by Gasteiger charge is 2.54. The van der Waals surface area contributed by atoms with Crippen LogP contribution < -0.4 is 19.5 Å². The zero-order valence-corrected chi connectivity index (χ0v) is 35.1. The van der Waals surface area contributed by atoms with Crippen molar-refractivity contribution in [3.8, 4) is 17.4 Å². The first-order valence-electron chi connectivity index (χ1n) is 20.0. The van der Waals surface area contributed by atoms with Gasteiger partial charge in [0.2, 0.25) is 5.88 Å². The number of anilines is 1. The fraction of sp³-hybridized carbons (Fsp3) is 0.512. The zero-order chi connectivity index (χ0) is 40.2.